The highest BCUT2D eigenvalue weighted by molar-refractivity contribution is 9.11. The summed E-state index contributed by atoms with van der Waals surface area (Å²) in [6, 6.07) is 5.46. The average molecular weight is 409 g/mol. The molecule has 0 unspecified atom stereocenters. The lowest BCUT2D eigenvalue weighted by Crippen LogP contribution is -2.43. The molecule has 0 aromatic heterocycles. The molecule has 0 aliphatic carbocycles. The van der Waals surface area contributed by atoms with Gasteiger partial charge in [-0.3, -0.25) is 4.79 Å². The van der Waals surface area contributed by atoms with Crippen molar-refractivity contribution in [1.29, 1.82) is 0 Å². The summed E-state index contributed by atoms with van der Waals surface area (Å²) in [6.45, 7) is 3.95. The number of hydrogen-bond acceptors (Lipinski definition) is 3. The number of nitrogens with one attached hydrogen (secondary N) is 1. The highest BCUT2D eigenvalue weighted by atomic mass is 79.9. The van der Waals surface area contributed by atoms with Gasteiger partial charge in [-0.2, -0.15) is 0 Å². The van der Waals surface area contributed by atoms with Gasteiger partial charge in [0.25, 0.3) is 5.91 Å². The predicted molar refractivity (Wildman–Crippen MR) is 85.9 cm³/mol. The Labute approximate surface area is 136 Å². The van der Waals surface area contributed by atoms with Crippen molar-refractivity contribution in [3.8, 4) is 5.75 Å². The standard InChI is InChI=1S/C14H19Br2NO3/c1-3-14(19,4-2)9-17-13(18)8-20-12-6-5-10(15)7-11(12)16/h5-7,19H,3-4,8-9H2,1-2H3,(H,17,18). The Morgan fingerprint density at radius 3 is 2.55 bits per heavy atom. The van der Waals surface area contributed by atoms with E-state index in [-0.39, 0.29) is 19.1 Å². The number of amides is 1. The van der Waals surface area contributed by atoms with E-state index in [1.165, 1.54) is 0 Å². The molecule has 0 heterocycles. The molecule has 1 amide bonds. The fraction of sp³-hybridized carbons (Fsp3) is 0.500. The van der Waals surface area contributed by atoms with Gasteiger partial charge >= 0.3 is 0 Å². The number of ether oxygens (including phenoxy) is 1. The largest absolute Gasteiger partial charge is 0.483 e. The zero-order valence-corrected chi connectivity index (χ0v) is 14.8. The van der Waals surface area contributed by atoms with Gasteiger partial charge < -0.3 is 15.2 Å². The van der Waals surface area contributed by atoms with E-state index < -0.39 is 5.60 Å². The maximum absolute atomic E-state index is 11.7. The molecule has 6 heteroatoms. The topological polar surface area (TPSA) is 58.6 Å². The second-order valence-corrected chi connectivity index (χ2v) is 6.34. The molecule has 4 nitrogen and oxygen atoms in total. The van der Waals surface area contributed by atoms with Crippen LogP contribution < -0.4 is 10.1 Å². The molecule has 2 N–H and O–H groups in total. The molecule has 0 atom stereocenters. The minimum absolute atomic E-state index is 0.0796. The molecular weight excluding hydrogens is 390 g/mol. The van der Waals surface area contributed by atoms with Gasteiger partial charge in [-0.25, -0.2) is 0 Å². The summed E-state index contributed by atoms with van der Waals surface area (Å²) in [5, 5.41) is 12.8. The lowest BCUT2D eigenvalue weighted by atomic mass is 9.98. The van der Waals surface area contributed by atoms with Crippen LogP contribution in [0, 0.1) is 0 Å². The first-order chi connectivity index (χ1) is 9.40. The van der Waals surface area contributed by atoms with Crippen LogP contribution in [0.3, 0.4) is 0 Å². The summed E-state index contributed by atoms with van der Waals surface area (Å²) < 4.78 is 7.13. The molecule has 0 saturated heterocycles. The van der Waals surface area contributed by atoms with Gasteiger partial charge in [-0.15, -0.1) is 0 Å². The maximum Gasteiger partial charge on any atom is 0.258 e. The van der Waals surface area contributed by atoms with Crippen LogP contribution >= 0.6 is 31.9 Å². The average Bonchev–Trinajstić information content (AvgIpc) is 2.44. The van der Waals surface area contributed by atoms with Crippen molar-refractivity contribution >= 4 is 37.8 Å². The first-order valence-corrected chi connectivity index (χ1v) is 8.05. The molecule has 20 heavy (non-hydrogen) atoms. The van der Waals surface area contributed by atoms with Crippen LogP contribution in [0.4, 0.5) is 0 Å². The fourth-order valence-electron chi connectivity index (χ4n) is 1.55. The van der Waals surface area contributed by atoms with Crippen LogP contribution in [0.1, 0.15) is 26.7 Å². The van der Waals surface area contributed by atoms with E-state index in [0.29, 0.717) is 18.6 Å². The summed E-state index contributed by atoms with van der Waals surface area (Å²) in [7, 11) is 0. The van der Waals surface area contributed by atoms with Gasteiger partial charge in [0.2, 0.25) is 0 Å². The Morgan fingerprint density at radius 1 is 1.35 bits per heavy atom. The molecule has 0 bridgehead atoms. The summed E-state index contributed by atoms with van der Waals surface area (Å²) in [4.78, 5) is 11.7. The van der Waals surface area contributed by atoms with Crippen molar-refractivity contribution in [3.05, 3.63) is 27.1 Å². The zero-order valence-electron chi connectivity index (χ0n) is 11.6. The van der Waals surface area contributed by atoms with E-state index in [1.54, 1.807) is 6.07 Å². The van der Waals surface area contributed by atoms with E-state index >= 15 is 0 Å². The van der Waals surface area contributed by atoms with E-state index in [0.717, 1.165) is 8.95 Å². The Bertz CT molecular complexity index is 462. The summed E-state index contributed by atoms with van der Waals surface area (Å²) in [5.74, 6) is 0.352. The van der Waals surface area contributed by atoms with Gasteiger partial charge in [0.1, 0.15) is 5.75 Å². The van der Waals surface area contributed by atoms with Gasteiger partial charge in [-0.05, 0) is 47.0 Å². The van der Waals surface area contributed by atoms with Crippen LogP contribution in [-0.2, 0) is 4.79 Å². The maximum atomic E-state index is 11.7. The third-order valence-electron chi connectivity index (χ3n) is 3.18. The van der Waals surface area contributed by atoms with E-state index in [4.69, 9.17) is 4.74 Å². The number of hydrogen-bond donors (Lipinski definition) is 2. The number of carbonyl (C=O) groups excluding carboxylic acids is 1. The summed E-state index contributed by atoms with van der Waals surface area (Å²) >= 11 is 6.71. The highest BCUT2D eigenvalue weighted by Crippen LogP contribution is 2.28. The molecule has 0 aliphatic rings. The molecule has 0 radical (unpaired) electrons. The van der Waals surface area contributed by atoms with Gasteiger partial charge in [0.15, 0.2) is 6.61 Å². The summed E-state index contributed by atoms with van der Waals surface area (Å²) in [6.07, 6.45) is 1.20. The van der Waals surface area contributed by atoms with Gasteiger partial charge in [0.05, 0.1) is 10.1 Å². The predicted octanol–water partition coefficient (Wildman–Crippen LogP) is 3.26. The number of carbonyl (C=O) groups is 1. The van der Waals surface area contributed by atoms with Crippen molar-refractivity contribution in [2.75, 3.05) is 13.2 Å². The Morgan fingerprint density at radius 2 is 2.00 bits per heavy atom. The number of benzene rings is 1. The Balaban J connectivity index is 2.44. The minimum Gasteiger partial charge on any atom is -0.483 e. The number of aliphatic hydroxyl groups is 1. The van der Waals surface area contributed by atoms with Crippen molar-refractivity contribution < 1.29 is 14.6 Å². The molecular formula is C14H19Br2NO3. The van der Waals surface area contributed by atoms with E-state index in [1.807, 2.05) is 26.0 Å². The van der Waals surface area contributed by atoms with Crippen molar-refractivity contribution in [2.45, 2.75) is 32.3 Å². The monoisotopic (exact) mass is 407 g/mol. The minimum atomic E-state index is -0.839. The summed E-state index contributed by atoms with van der Waals surface area (Å²) in [5.41, 5.74) is -0.839. The van der Waals surface area contributed by atoms with Gasteiger partial charge in [0, 0.05) is 11.0 Å². The number of rotatable bonds is 7. The molecule has 0 spiro atoms. The first kappa shape index (κ1) is 17.5. The quantitative estimate of drug-likeness (QED) is 0.727. The van der Waals surface area contributed by atoms with Crippen molar-refractivity contribution in [2.24, 2.45) is 0 Å². The SMILES string of the molecule is CCC(O)(CC)CNC(=O)COc1ccc(Br)cc1Br. The van der Waals surface area contributed by atoms with Crippen LogP contribution in [0.15, 0.2) is 27.1 Å². The molecule has 0 fully saturated rings. The molecule has 1 rings (SSSR count). The smallest absolute Gasteiger partial charge is 0.258 e. The third-order valence-corrected chi connectivity index (χ3v) is 4.30. The van der Waals surface area contributed by atoms with Crippen LogP contribution in [0.2, 0.25) is 0 Å². The molecule has 0 aliphatic heterocycles. The zero-order chi connectivity index (χ0) is 15.2. The molecule has 1 aromatic carbocycles. The van der Waals surface area contributed by atoms with E-state index in [9.17, 15) is 9.90 Å². The normalized spacial score (nSPS) is 11.2. The van der Waals surface area contributed by atoms with Crippen LogP contribution in [-0.4, -0.2) is 29.8 Å². The fourth-order valence-corrected chi connectivity index (χ4v) is 2.71. The first-order valence-electron chi connectivity index (χ1n) is 6.47. The van der Waals surface area contributed by atoms with Crippen LogP contribution in [0.25, 0.3) is 0 Å². The lowest BCUT2D eigenvalue weighted by molar-refractivity contribution is -0.124. The second-order valence-electron chi connectivity index (χ2n) is 4.57. The Hall–Kier alpha value is -0.590. The Kier molecular flexibility index (Phi) is 6.99. The second kappa shape index (κ2) is 8.00. The van der Waals surface area contributed by atoms with E-state index in [2.05, 4.69) is 37.2 Å². The van der Waals surface area contributed by atoms with Crippen molar-refractivity contribution in [1.82, 2.24) is 5.32 Å². The van der Waals surface area contributed by atoms with Crippen LogP contribution in [0.5, 0.6) is 5.75 Å². The lowest BCUT2D eigenvalue weighted by Gasteiger charge is -2.25. The molecule has 0 saturated carbocycles. The highest BCUT2D eigenvalue weighted by Gasteiger charge is 2.22. The van der Waals surface area contributed by atoms with Gasteiger partial charge in [-0.1, -0.05) is 29.8 Å². The number of halogens is 2. The van der Waals surface area contributed by atoms with Crippen molar-refractivity contribution in [3.63, 3.8) is 0 Å². The molecule has 1 aromatic rings. The molecule has 112 valence electrons. The third kappa shape index (κ3) is 5.42.